The number of aromatic hydroxyl groups is 1. The van der Waals surface area contributed by atoms with Crippen LogP contribution in [0.3, 0.4) is 0 Å². The summed E-state index contributed by atoms with van der Waals surface area (Å²) >= 11 is 1.65. The summed E-state index contributed by atoms with van der Waals surface area (Å²) in [5.74, 6) is -0.723. The Bertz CT molecular complexity index is 1540. The zero-order valence-corrected chi connectivity index (χ0v) is 23.4. The van der Waals surface area contributed by atoms with E-state index < -0.39 is 5.91 Å². The van der Waals surface area contributed by atoms with Gasteiger partial charge in [0.1, 0.15) is 0 Å². The number of aromatic amines is 1. The summed E-state index contributed by atoms with van der Waals surface area (Å²) in [6, 6.07) is 24.9. The van der Waals surface area contributed by atoms with Crippen LogP contribution in [0.4, 0.5) is 0 Å². The Morgan fingerprint density at radius 1 is 0.925 bits per heavy atom. The molecule has 0 aliphatic carbocycles. The molecular weight excluding hydrogens is 520 g/mol. The summed E-state index contributed by atoms with van der Waals surface area (Å²) < 4.78 is 0. The quantitative estimate of drug-likeness (QED) is 0.199. The Balaban J connectivity index is 1.33. The van der Waals surface area contributed by atoms with Crippen LogP contribution in [0.5, 0.6) is 5.88 Å². The number of amides is 2. The molecule has 0 atom stereocenters. The first-order valence-corrected chi connectivity index (χ1v) is 14.3. The molecule has 0 saturated carbocycles. The average molecular weight is 553 g/mol. The van der Waals surface area contributed by atoms with Gasteiger partial charge in [-0.05, 0) is 68.0 Å². The third-order valence-corrected chi connectivity index (χ3v) is 8.01. The van der Waals surface area contributed by atoms with Gasteiger partial charge in [0.15, 0.2) is 5.88 Å². The van der Waals surface area contributed by atoms with E-state index in [1.54, 1.807) is 30.0 Å². The van der Waals surface area contributed by atoms with Crippen LogP contribution < -0.4 is 5.32 Å². The highest BCUT2D eigenvalue weighted by atomic mass is 32.2. The lowest BCUT2D eigenvalue weighted by Gasteiger charge is -2.17. The van der Waals surface area contributed by atoms with E-state index in [-0.39, 0.29) is 11.8 Å². The molecule has 1 aliphatic rings. The summed E-state index contributed by atoms with van der Waals surface area (Å²) in [5, 5.41) is 13.8. The van der Waals surface area contributed by atoms with Crippen LogP contribution >= 0.6 is 11.8 Å². The van der Waals surface area contributed by atoms with Crippen LogP contribution in [0.15, 0.2) is 93.6 Å². The lowest BCUT2D eigenvalue weighted by Crippen LogP contribution is -2.29. The van der Waals surface area contributed by atoms with Crippen molar-refractivity contribution in [3.05, 3.63) is 101 Å². The number of hydrogen-bond donors (Lipinski definition) is 3. The van der Waals surface area contributed by atoms with Gasteiger partial charge in [-0.15, -0.1) is 0 Å². The number of benzene rings is 3. The maximum absolute atomic E-state index is 13.1. The van der Waals surface area contributed by atoms with Crippen molar-refractivity contribution in [1.29, 1.82) is 0 Å². The second-order valence-corrected chi connectivity index (χ2v) is 10.7. The van der Waals surface area contributed by atoms with Crippen LogP contribution in [0, 0.1) is 0 Å². The van der Waals surface area contributed by atoms with Crippen LogP contribution in [0.1, 0.15) is 52.1 Å². The molecule has 1 aliphatic heterocycles. The number of aromatic nitrogens is 1. The minimum atomic E-state index is -0.425. The zero-order chi connectivity index (χ0) is 28.1. The smallest absolute Gasteiger partial charge is 0.280 e. The second-order valence-electron chi connectivity index (χ2n) is 9.52. The van der Waals surface area contributed by atoms with Gasteiger partial charge >= 0.3 is 0 Å². The molecule has 8 heteroatoms. The largest absolute Gasteiger partial charge is 0.494 e. The molecule has 4 aromatic rings. The maximum Gasteiger partial charge on any atom is 0.280 e. The Kier molecular flexibility index (Phi) is 8.48. The van der Waals surface area contributed by atoms with Crippen LogP contribution in [-0.2, 0) is 0 Å². The monoisotopic (exact) mass is 552 g/mol. The highest BCUT2D eigenvalue weighted by molar-refractivity contribution is 7.99. The summed E-state index contributed by atoms with van der Waals surface area (Å²) in [6.45, 7) is 7.74. The van der Waals surface area contributed by atoms with Crippen molar-refractivity contribution in [3.8, 4) is 17.1 Å². The van der Waals surface area contributed by atoms with Crippen molar-refractivity contribution in [3.63, 3.8) is 0 Å². The molecule has 5 rings (SSSR count). The Labute approximate surface area is 238 Å². The number of carbonyl (C=O) groups excluding carboxylic acids is 2. The molecule has 204 valence electrons. The summed E-state index contributed by atoms with van der Waals surface area (Å²) in [6.07, 6.45) is 0.867. The number of rotatable bonds is 11. The number of nitrogens with zero attached hydrogens (tertiary/aromatic N) is 2. The van der Waals surface area contributed by atoms with Crippen LogP contribution in [0.25, 0.3) is 11.3 Å². The van der Waals surface area contributed by atoms with E-state index in [2.05, 4.69) is 46.2 Å². The van der Waals surface area contributed by atoms with Gasteiger partial charge in [0.05, 0.1) is 22.5 Å². The summed E-state index contributed by atoms with van der Waals surface area (Å²) in [7, 11) is 0. The molecule has 0 radical (unpaired) electrons. The van der Waals surface area contributed by atoms with Gasteiger partial charge in [0, 0.05) is 27.5 Å². The summed E-state index contributed by atoms with van der Waals surface area (Å²) in [5.41, 5.74) is 3.43. The van der Waals surface area contributed by atoms with E-state index in [1.807, 2.05) is 48.5 Å². The Hall–Kier alpha value is -4.14. The second kappa shape index (κ2) is 12.4. The van der Waals surface area contributed by atoms with E-state index >= 15 is 0 Å². The van der Waals surface area contributed by atoms with E-state index in [0.29, 0.717) is 40.2 Å². The van der Waals surface area contributed by atoms with E-state index in [1.165, 1.54) is 0 Å². The van der Waals surface area contributed by atoms with E-state index in [4.69, 9.17) is 0 Å². The van der Waals surface area contributed by atoms with Gasteiger partial charge < -0.3 is 20.3 Å². The van der Waals surface area contributed by atoms with E-state index in [9.17, 15) is 14.7 Å². The molecule has 0 spiro atoms. The molecule has 7 nitrogen and oxygen atoms in total. The summed E-state index contributed by atoms with van der Waals surface area (Å²) in [4.78, 5) is 37.6. The predicted octanol–water partition coefficient (Wildman–Crippen LogP) is 5.99. The minimum Gasteiger partial charge on any atom is -0.494 e. The van der Waals surface area contributed by atoms with Gasteiger partial charge in [0.25, 0.3) is 11.8 Å². The number of aliphatic imine (C=N–C) groups is 1. The fourth-order valence-corrected chi connectivity index (χ4v) is 5.68. The van der Waals surface area contributed by atoms with Gasteiger partial charge in [-0.25, -0.2) is 4.99 Å². The average Bonchev–Trinajstić information content (AvgIpc) is 3.51. The number of H-pyrrole nitrogens is 1. The Morgan fingerprint density at radius 3 is 2.38 bits per heavy atom. The first-order valence-electron chi connectivity index (χ1n) is 13.5. The molecule has 3 aromatic carbocycles. The van der Waals surface area contributed by atoms with Crippen molar-refractivity contribution in [2.45, 2.75) is 30.1 Å². The van der Waals surface area contributed by atoms with Gasteiger partial charge in [0.2, 0.25) is 0 Å². The molecule has 0 bridgehead atoms. The topological polar surface area (TPSA) is 97.8 Å². The number of hydrogen-bond acceptors (Lipinski definition) is 5. The minimum absolute atomic E-state index is 0.122. The van der Waals surface area contributed by atoms with Crippen LogP contribution in [-0.4, -0.2) is 58.7 Å². The molecule has 40 heavy (non-hydrogen) atoms. The fourth-order valence-electron chi connectivity index (χ4n) is 4.84. The van der Waals surface area contributed by atoms with Crippen molar-refractivity contribution in [2.24, 2.45) is 4.99 Å². The predicted molar refractivity (Wildman–Crippen MR) is 160 cm³/mol. The lowest BCUT2D eigenvalue weighted by molar-refractivity contribution is 0.0951. The molecule has 2 amide bonds. The highest BCUT2D eigenvalue weighted by Gasteiger charge is 2.33. The zero-order valence-electron chi connectivity index (χ0n) is 22.6. The van der Waals surface area contributed by atoms with Gasteiger partial charge in [-0.1, -0.05) is 68.1 Å². The van der Waals surface area contributed by atoms with Crippen LogP contribution in [0.2, 0.25) is 0 Å². The van der Waals surface area contributed by atoms with E-state index in [0.717, 1.165) is 41.4 Å². The van der Waals surface area contributed by atoms with Crippen molar-refractivity contribution >= 4 is 29.3 Å². The third-order valence-electron chi connectivity index (χ3n) is 7.00. The molecule has 1 aromatic heterocycles. The molecule has 0 saturated heterocycles. The molecule has 3 N–H and O–H groups in total. The third kappa shape index (κ3) is 5.88. The fraction of sp³-hybridized carbons (Fsp3) is 0.219. The van der Waals surface area contributed by atoms with Gasteiger partial charge in [-0.3, -0.25) is 9.59 Å². The lowest BCUT2D eigenvalue weighted by atomic mass is 9.99. The number of carbonyl (C=O) groups is 2. The molecule has 0 fully saturated rings. The van der Waals surface area contributed by atoms with Crippen molar-refractivity contribution in [2.75, 3.05) is 26.2 Å². The van der Waals surface area contributed by atoms with Gasteiger partial charge in [-0.2, -0.15) is 0 Å². The van der Waals surface area contributed by atoms with Crippen molar-refractivity contribution < 1.29 is 14.7 Å². The normalized spacial score (nSPS) is 12.5. The Morgan fingerprint density at radius 2 is 1.65 bits per heavy atom. The maximum atomic E-state index is 13.1. The highest BCUT2D eigenvalue weighted by Crippen LogP contribution is 2.38. The SMILES string of the molecule is CCN(CC)CCCNC(=O)c1cccc(-c2[nH]c(O)c3c2C(=O)N=C3c2ccc(Sc3ccccc3)cc2)c1. The molecule has 0 unspecified atom stereocenters. The first-order chi connectivity index (χ1) is 19.5. The first kappa shape index (κ1) is 27.4. The molecule has 2 heterocycles. The molecular formula is C32H32N4O3S. The number of nitrogens with one attached hydrogen (secondary N) is 2. The van der Waals surface area contributed by atoms with Crippen molar-refractivity contribution in [1.82, 2.24) is 15.2 Å². The number of fused-ring (bicyclic) bond motifs is 1. The standard InChI is InChI=1S/C32H32N4O3S/c1-3-36(4-2)19-9-18-33-30(37)23-11-8-10-22(20-23)29-27-26(31(38)35-29)28(34-32(27)39)21-14-16-25(17-15-21)40-24-12-6-5-7-13-24/h5-8,10-17,20,35,38H,3-4,9,18-19H2,1-2H3,(H,33,37).